The Bertz CT molecular complexity index is 913. The number of ether oxygens (including phenoxy) is 1. The number of furan rings is 1. The van der Waals surface area contributed by atoms with E-state index in [1.807, 2.05) is 6.07 Å². The first kappa shape index (κ1) is 16.5. The number of thiophene rings is 1. The van der Waals surface area contributed by atoms with Crippen molar-refractivity contribution in [1.29, 1.82) is 0 Å². The average Bonchev–Trinajstić information content (AvgIpc) is 3.24. The predicted octanol–water partition coefficient (Wildman–Crippen LogP) is 2.51. The van der Waals surface area contributed by atoms with Crippen molar-refractivity contribution < 1.29 is 14.3 Å². The lowest BCUT2D eigenvalue weighted by atomic mass is 9.97. The zero-order valence-electron chi connectivity index (χ0n) is 13.8. The maximum Gasteiger partial charge on any atom is 0.262 e. The van der Waals surface area contributed by atoms with Crippen molar-refractivity contribution in [3.05, 3.63) is 51.3 Å². The zero-order valence-corrected chi connectivity index (χ0v) is 14.6. The quantitative estimate of drug-likeness (QED) is 0.731. The first-order valence-electron chi connectivity index (χ1n) is 8.50. The van der Waals surface area contributed by atoms with Crippen molar-refractivity contribution in [2.45, 2.75) is 44.9 Å². The lowest BCUT2D eigenvalue weighted by molar-refractivity contribution is 0.0142. The summed E-state index contributed by atoms with van der Waals surface area (Å²) >= 11 is 1.63. The molecule has 0 amide bonds. The summed E-state index contributed by atoms with van der Waals surface area (Å²) in [5, 5.41) is 10.9. The predicted molar refractivity (Wildman–Crippen MR) is 94.9 cm³/mol. The van der Waals surface area contributed by atoms with Crippen molar-refractivity contribution in [2.24, 2.45) is 0 Å². The van der Waals surface area contributed by atoms with Gasteiger partial charge in [-0.3, -0.25) is 9.36 Å². The van der Waals surface area contributed by atoms with Gasteiger partial charge in [0.1, 0.15) is 17.2 Å². The summed E-state index contributed by atoms with van der Waals surface area (Å²) in [7, 11) is 0. The minimum atomic E-state index is -0.777. The number of hydrogen-bond donors (Lipinski definition) is 1. The third-order valence-corrected chi connectivity index (χ3v) is 5.68. The molecule has 3 heterocycles. The largest absolute Gasteiger partial charge is 0.467 e. The molecule has 0 aliphatic heterocycles. The van der Waals surface area contributed by atoms with Crippen LogP contribution < -0.4 is 5.56 Å². The molecule has 4 rings (SSSR count). The van der Waals surface area contributed by atoms with Crippen molar-refractivity contribution in [3.8, 4) is 0 Å². The van der Waals surface area contributed by atoms with Crippen molar-refractivity contribution in [2.75, 3.05) is 6.61 Å². The Hall–Kier alpha value is -1.96. The van der Waals surface area contributed by atoms with E-state index in [-0.39, 0.29) is 18.7 Å². The summed E-state index contributed by atoms with van der Waals surface area (Å²) in [4.78, 5) is 19.4. The Labute approximate surface area is 148 Å². The SMILES string of the molecule is O=c1c2c3c(sc2ncn1C[C@H](O)COCc1ccco1)CCCC3. The lowest BCUT2D eigenvalue weighted by Crippen LogP contribution is -2.29. The Morgan fingerprint density at radius 2 is 2.28 bits per heavy atom. The van der Waals surface area contributed by atoms with Gasteiger partial charge in [-0.15, -0.1) is 11.3 Å². The highest BCUT2D eigenvalue weighted by Gasteiger charge is 2.20. The first-order chi connectivity index (χ1) is 12.2. The van der Waals surface area contributed by atoms with Crippen LogP contribution in [0, 0.1) is 0 Å². The van der Waals surface area contributed by atoms with Gasteiger partial charge >= 0.3 is 0 Å². The fraction of sp³-hybridized carbons (Fsp3) is 0.444. The Balaban J connectivity index is 1.47. The van der Waals surface area contributed by atoms with Crippen LogP contribution in [0.25, 0.3) is 10.2 Å². The summed E-state index contributed by atoms with van der Waals surface area (Å²) in [6.07, 6.45) is 6.63. The molecule has 0 radical (unpaired) electrons. The van der Waals surface area contributed by atoms with E-state index in [4.69, 9.17) is 9.15 Å². The second-order valence-electron chi connectivity index (χ2n) is 6.34. The van der Waals surface area contributed by atoms with Crippen molar-refractivity contribution in [3.63, 3.8) is 0 Å². The highest BCUT2D eigenvalue weighted by atomic mass is 32.1. The van der Waals surface area contributed by atoms with Crippen LogP contribution >= 0.6 is 11.3 Å². The third-order valence-electron chi connectivity index (χ3n) is 4.48. The molecule has 0 unspecified atom stereocenters. The van der Waals surface area contributed by atoms with E-state index >= 15 is 0 Å². The minimum Gasteiger partial charge on any atom is -0.467 e. The van der Waals surface area contributed by atoms with Gasteiger partial charge in [-0.05, 0) is 43.4 Å². The fourth-order valence-corrected chi connectivity index (χ4v) is 4.50. The maximum atomic E-state index is 12.8. The molecule has 0 aromatic carbocycles. The van der Waals surface area contributed by atoms with E-state index in [2.05, 4.69) is 4.98 Å². The molecule has 6 nitrogen and oxygen atoms in total. The second kappa shape index (κ2) is 7.11. The molecule has 0 saturated carbocycles. The number of nitrogens with zero attached hydrogens (tertiary/aromatic N) is 2. The molecule has 0 spiro atoms. The summed E-state index contributed by atoms with van der Waals surface area (Å²) in [6.45, 7) is 0.603. The molecule has 1 N–H and O–H groups in total. The van der Waals surface area contributed by atoms with Crippen LogP contribution in [0.15, 0.2) is 33.9 Å². The van der Waals surface area contributed by atoms with Gasteiger partial charge in [0.25, 0.3) is 5.56 Å². The highest BCUT2D eigenvalue weighted by molar-refractivity contribution is 7.18. The van der Waals surface area contributed by atoms with Crippen molar-refractivity contribution >= 4 is 21.6 Å². The standard InChI is InChI=1S/C18H20N2O4S/c21-12(9-23-10-13-4-3-7-24-13)8-20-11-19-17-16(18(20)22)14-5-1-2-6-15(14)25-17/h3-4,7,11-12,21H,1-2,5-6,8-10H2/t12-/m0/s1. The van der Waals surface area contributed by atoms with E-state index in [1.165, 1.54) is 27.8 Å². The molecule has 3 aromatic rings. The van der Waals surface area contributed by atoms with Gasteiger partial charge in [-0.1, -0.05) is 0 Å². The number of rotatable bonds is 6. The normalized spacial score (nSPS) is 15.4. The number of aromatic nitrogens is 2. The van der Waals surface area contributed by atoms with Crippen LogP contribution in [0.1, 0.15) is 29.0 Å². The third kappa shape index (κ3) is 3.40. The van der Waals surface area contributed by atoms with Gasteiger partial charge < -0.3 is 14.3 Å². The number of aliphatic hydroxyl groups is 1. The number of aryl methyl sites for hydroxylation is 2. The monoisotopic (exact) mass is 360 g/mol. The number of hydrogen-bond acceptors (Lipinski definition) is 6. The molecule has 0 saturated heterocycles. The number of aliphatic hydroxyl groups excluding tert-OH is 1. The topological polar surface area (TPSA) is 77.5 Å². The Morgan fingerprint density at radius 1 is 1.40 bits per heavy atom. The van der Waals surface area contributed by atoms with Crippen LogP contribution in [-0.2, 0) is 30.7 Å². The van der Waals surface area contributed by atoms with E-state index < -0.39 is 6.10 Å². The molecule has 1 aliphatic rings. The second-order valence-corrected chi connectivity index (χ2v) is 7.43. The van der Waals surface area contributed by atoms with E-state index in [0.29, 0.717) is 12.4 Å². The average molecular weight is 360 g/mol. The van der Waals surface area contributed by atoms with Crippen molar-refractivity contribution in [1.82, 2.24) is 9.55 Å². The molecule has 0 bridgehead atoms. The smallest absolute Gasteiger partial charge is 0.262 e. The number of fused-ring (bicyclic) bond motifs is 3. The van der Waals surface area contributed by atoms with Gasteiger partial charge in [0.2, 0.25) is 0 Å². The van der Waals surface area contributed by atoms with Crippen LogP contribution in [0.2, 0.25) is 0 Å². The van der Waals surface area contributed by atoms with E-state index in [0.717, 1.165) is 29.5 Å². The molecule has 0 fully saturated rings. The molecular weight excluding hydrogens is 340 g/mol. The van der Waals surface area contributed by atoms with Crippen LogP contribution in [0.4, 0.5) is 0 Å². The summed E-state index contributed by atoms with van der Waals surface area (Å²) in [6, 6.07) is 3.60. The highest BCUT2D eigenvalue weighted by Crippen LogP contribution is 2.33. The summed E-state index contributed by atoms with van der Waals surface area (Å²) in [5.74, 6) is 0.706. The van der Waals surface area contributed by atoms with E-state index in [9.17, 15) is 9.90 Å². The lowest BCUT2D eigenvalue weighted by Gasteiger charge is -2.13. The molecule has 1 atom stereocenters. The molecule has 3 aromatic heterocycles. The van der Waals surface area contributed by atoms with E-state index in [1.54, 1.807) is 23.7 Å². The summed E-state index contributed by atoms with van der Waals surface area (Å²) in [5.41, 5.74) is 1.11. The fourth-order valence-electron chi connectivity index (χ4n) is 3.28. The van der Waals surface area contributed by atoms with Crippen LogP contribution in [0.5, 0.6) is 0 Å². The molecular formula is C18H20N2O4S. The molecule has 1 aliphatic carbocycles. The van der Waals surface area contributed by atoms with Gasteiger partial charge in [0, 0.05) is 4.88 Å². The maximum absolute atomic E-state index is 12.8. The Morgan fingerprint density at radius 3 is 3.12 bits per heavy atom. The van der Waals surface area contributed by atoms with Crippen LogP contribution in [0.3, 0.4) is 0 Å². The molecule has 7 heteroatoms. The first-order valence-corrected chi connectivity index (χ1v) is 9.32. The summed E-state index contributed by atoms with van der Waals surface area (Å²) < 4.78 is 12.1. The zero-order chi connectivity index (χ0) is 17.2. The van der Waals surface area contributed by atoms with Gasteiger partial charge in [-0.25, -0.2) is 4.98 Å². The van der Waals surface area contributed by atoms with Crippen LogP contribution in [-0.4, -0.2) is 27.4 Å². The van der Waals surface area contributed by atoms with Gasteiger partial charge in [0.05, 0.1) is 37.2 Å². The molecule has 132 valence electrons. The van der Waals surface area contributed by atoms with Gasteiger partial charge in [0.15, 0.2) is 0 Å². The Kier molecular flexibility index (Phi) is 4.70. The molecule has 25 heavy (non-hydrogen) atoms. The van der Waals surface area contributed by atoms with Gasteiger partial charge in [-0.2, -0.15) is 0 Å². The minimum absolute atomic E-state index is 0.0607.